The van der Waals surface area contributed by atoms with Crippen molar-refractivity contribution in [2.24, 2.45) is 11.3 Å². The highest BCUT2D eigenvalue weighted by molar-refractivity contribution is 5.92. The third-order valence-corrected chi connectivity index (χ3v) is 3.53. The highest BCUT2D eigenvalue weighted by Gasteiger charge is 2.59. The molecule has 0 radical (unpaired) electrons. The van der Waals surface area contributed by atoms with Crippen molar-refractivity contribution in [3.05, 3.63) is 0 Å². The van der Waals surface area contributed by atoms with Crippen LogP contribution in [0.2, 0.25) is 0 Å². The summed E-state index contributed by atoms with van der Waals surface area (Å²) < 4.78 is 0. The van der Waals surface area contributed by atoms with E-state index in [0.29, 0.717) is 11.7 Å². The van der Waals surface area contributed by atoms with Crippen LogP contribution < -0.4 is 0 Å². The third kappa shape index (κ3) is 1.59. The lowest BCUT2D eigenvalue weighted by molar-refractivity contribution is -0.123. The predicted octanol–water partition coefficient (Wildman–Crippen LogP) is 2.94. The molecule has 2 aliphatic rings. The van der Waals surface area contributed by atoms with Gasteiger partial charge in [-0.2, -0.15) is 0 Å². The molecule has 76 valence electrons. The van der Waals surface area contributed by atoms with E-state index in [0.717, 1.165) is 25.7 Å². The summed E-state index contributed by atoms with van der Waals surface area (Å²) in [6.45, 7) is 2.17. The van der Waals surface area contributed by atoms with Gasteiger partial charge in [-0.3, -0.25) is 4.79 Å². The Hall–Kier alpha value is -0.770. The summed E-state index contributed by atoms with van der Waals surface area (Å²) in [7, 11) is 0. The van der Waals surface area contributed by atoms with Crippen molar-refractivity contribution in [1.29, 1.82) is 0 Å². The smallest absolute Gasteiger partial charge is 0.151 e. The Bertz CT molecular complexity index is 294. The van der Waals surface area contributed by atoms with Crippen molar-refractivity contribution >= 4 is 5.78 Å². The molecule has 0 aromatic rings. The van der Waals surface area contributed by atoms with E-state index in [1.54, 1.807) is 0 Å². The molecule has 2 saturated carbocycles. The molecule has 0 aliphatic heterocycles. The van der Waals surface area contributed by atoms with Crippen molar-refractivity contribution in [2.75, 3.05) is 0 Å². The minimum atomic E-state index is -0.147. The number of hydrogen-bond donors (Lipinski definition) is 0. The van der Waals surface area contributed by atoms with Crippen LogP contribution in [0.1, 0.15) is 51.9 Å². The molecule has 1 heteroatoms. The van der Waals surface area contributed by atoms with Crippen LogP contribution in [0.4, 0.5) is 0 Å². The summed E-state index contributed by atoms with van der Waals surface area (Å²) >= 11 is 0. The summed E-state index contributed by atoms with van der Waals surface area (Å²) in [5.74, 6) is 7.51. The Kier molecular flexibility index (Phi) is 2.63. The Morgan fingerprint density at radius 3 is 3.14 bits per heavy atom. The second-order valence-electron chi connectivity index (χ2n) is 4.59. The fourth-order valence-corrected chi connectivity index (χ4v) is 2.46. The van der Waals surface area contributed by atoms with Crippen molar-refractivity contribution < 1.29 is 4.79 Å². The van der Waals surface area contributed by atoms with E-state index in [4.69, 9.17) is 0 Å². The first-order valence-corrected chi connectivity index (χ1v) is 5.83. The lowest BCUT2D eigenvalue weighted by Crippen LogP contribution is -2.20. The van der Waals surface area contributed by atoms with Gasteiger partial charge >= 0.3 is 0 Å². The largest absolute Gasteiger partial charge is 0.298 e. The zero-order chi connectivity index (χ0) is 10.0. The molecule has 0 saturated heterocycles. The topological polar surface area (TPSA) is 17.1 Å². The highest BCUT2D eigenvalue weighted by atomic mass is 16.1. The molecular formula is C13H18O. The van der Waals surface area contributed by atoms with Gasteiger partial charge in [-0.15, -0.1) is 5.92 Å². The summed E-state index contributed by atoms with van der Waals surface area (Å²) in [6, 6.07) is 0. The predicted molar refractivity (Wildman–Crippen MR) is 56.7 cm³/mol. The molecule has 1 nitrogen and oxygen atoms in total. The second kappa shape index (κ2) is 3.77. The van der Waals surface area contributed by atoms with E-state index in [-0.39, 0.29) is 5.41 Å². The molecule has 2 fully saturated rings. The van der Waals surface area contributed by atoms with Gasteiger partial charge in [-0.05, 0) is 31.6 Å². The molecule has 0 amide bonds. The van der Waals surface area contributed by atoms with E-state index in [1.165, 1.54) is 19.3 Å². The van der Waals surface area contributed by atoms with Crippen molar-refractivity contribution in [3.8, 4) is 11.8 Å². The van der Waals surface area contributed by atoms with E-state index < -0.39 is 0 Å². The number of fused-ring (bicyclic) bond motifs is 1. The normalized spacial score (nSPS) is 34.4. The molecule has 2 rings (SSSR count). The van der Waals surface area contributed by atoms with Gasteiger partial charge in [0.25, 0.3) is 0 Å². The molecule has 14 heavy (non-hydrogen) atoms. The number of carbonyl (C=O) groups excluding carboxylic acids is 1. The van der Waals surface area contributed by atoms with Crippen molar-refractivity contribution in [1.82, 2.24) is 0 Å². The Labute approximate surface area is 86.3 Å². The average Bonchev–Trinajstić information content (AvgIpc) is 2.89. The van der Waals surface area contributed by atoms with E-state index in [2.05, 4.69) is 18.8 Å². The fourth-order valence-electron chi connectivity index (χ4n) is 2.46. The van der Waals surface area contributed by atoms with E-state index >= 15 is 0 Å². The monoisotopic (exact) mass is 190 g/mol. The van der Waals surface area contributed by atoms with Gasteiger partial charge in [0.05, 0.1) is 5.41 Å². The van der Waals surface area contributed by atoms with Gasteiger partial charge in [0.1, 0.15) is 0 Å². The number of hydrogen-bond acceptors (Lipinski definition) is 1. The van der Waals surface area contributed by atoms with Crippen LogP contribution in [0, 0.1) is 23.2 Å². The van der Waals surface area contributed by atoms with Crippen molar-refractivity contribution in [3.63, 3.8) is 0 Å². The quantitative estimate of drug-likeness (QED) is 0.483. The van der Waals surface area contributed by atoms with E-state index in [1.807, 2.05) is 0 Å². The Morgan fingerprint density at radius 1 is 1.57 bits per heavy atom. The second-order valence-corrected chi connectivity index (χ2v) is 4.59. The number of ketones is 1. The Balaban J connectivity index is 1.95. The molecule has 0 heterocycles. The summed E-state index contributed by atoms with van der Waals surface area (Å²) in [5.41, 5.74) is -0.147. The fraction of sp³-hybridized carbons (Fsp3) is 0.769. The third-order valence-electron chi connectivity index (χ3n) is 3.53. The molecule has 0 aromatic heterocycles. The SMILES string of the molecule is CCCCC#C[C@@]12CC1CCCC2=O. The zero-order valence-electron chi connectivity index (χ0n) is 8.94. The molecule has 2 atom stereocenters. The van der Waals surface area contributed by atoms with E-state index in [9.17, 15) is 4.79 Å². The van der Waals surface area contributed by atoms with Crippen LogP contribution in [0.15, 0.2) is 0 Å². The van der Waals surface area contributed by atoms with Crippen LogP contribution in [-0.2, 0) is 4.79 Å². The molecule has 0 spiro atoms. The maximum absolute atomic E-state index is 11.7. The Morgan fingerprint density at radius 2 is 2.43 bits per heavy atom. The first-order valence-electron chi connectivity index (χ1n) is 5.83. The lowest BCUT2D eigenvalue weighted by Gasteiger charge is -2.14. The minimum Gasteiger partial charge on any atom is -0.298 e. The maximum atomic E-state index is 11.7. The molecule has 2 aliphatic carbocycles. The van der Waals surface area contributed by atoms with Gasteiger partial charge in [0.15, 0.2) is 5.78 Å². The van der Waals surface area contributed by atoms with Gasteiger partial charge < -0.3 is 0 Å². The molecular weight excluding hydrogens is 172 g/mol. The van der Waals surface area contributed by atoms with Gasteiger partial charge in [-0.1, -0.05) is 19.3 Å². The van der Waals surface area contributed by atoms with Crippen molar-refractivity contribution in [2.45, 2.75) is 51.9 Å². The minimum absolute atomic E-state index is 0.147. The van der Waals surface area contributed by atoms with Crippen LogP contribution in [0.25, 0.3) is 0 Å². The zero-order valence-corrected chi connectivity index (χ0v) is 8.94. The van der Waals surface area contributed by atoms with Crippen LogP contribution in [0.5, 0.6) is 0 Å². The highest BCUT2D eigenvalue weighted by Crippen LogP contribution is 2.58. The van der Waals surface area contributed by atoms with Crippen LogP contribution in [-0.4, -0.2) is 5.78 Å². The summed E-state index contributed by atoms with van der Waals surface area (Å²) in [4.78, 5) is 11.7. The van der Waals surface area contributed by atoms with Gasteiger partial charge in [-0.25, -0.2) is 0 Å². The average molecular weight is 190 g/mol. The first kappa shape index (κ1) is 9.77. The summed E-state index contributed by atoms with van der Waals surface area (Å²) in [5, 5.41) is 0. The van der Waals surface area contributed by atoms with Gasteiger partial charge in [0, 0.05) is 12.8 Å². The molecule has 0 bridgehead atoms. The number of unbranched alkanes of at least 4 members (excludes halogenated alkanes) is 2. The first-order chi connectivity index (χ1) is 6.79. The molecule has 0 N–H and O–H groups in total. The van der Waals surface area contributed by atoms with Crippen LogP contribution >= 0.6 is 0 Å². The molecule has 0 aromatic carbocycles. The number of Topliss-reactive ketones (excluding diaryl/α,β-unsaturated/α-hetero) is 1. The van der Waals surface area contributed by atoms with Gasteiger partial charge in [0.2, 0.25) is 0 Å². The standard InChI is InChI=1S/C13H18O/c1-2-3-4-5-9-13-10-11(13)7-6-8-12(13)14/h11H,2-4,6-8,10H2,1H3/t11?,13-/m1/s1. The lowest BCUT2D eigenvalue weighted by atomic mass is 9.87. The molecule has 1 unspecified atom stereocenters. The maximum Gasteiger partial charge on any atom is 0.151 e. The number of carbonyl (C=O) groups is 1. The summed E-state index contributed by atoms with van der Waals surface area (Å²) in [6.07, 6.45) is 7.50. The van der Waals surface area contributed by atoms with Crippen LogP contribution in [0.3, 0.4) is 0 Å². The number of rotatable bonds is 2.